The first-order valence-corrected chi connectivity index (χ1v) is 32.2. The van der Waals surface area contributed by atoms with Crippen molar-refractivity contribution in [3.63, 3.8) is 0 Å². The Morgan fingerprint density at radius 1 is 0.463 bits per heavy atom. The molecule has 2 saturated heterocycles. The molecule has 12 atom stereocenters. The number of ether oxygens (including phenoxy) is 4. The molecule has 14 heteroatoms. The van der Waals surface area contributed by atoms with Gasteiger partial charge in [-0.3, -0.25) is 4.79 Å². The van der Waals surface area contributed by atoms with Crippen molar-refractivity contribution in [2.24, 2.45) is 0 Å². The van der Waals surface area contributed by atoms with Crippen LogP contribution in [0.3, 0.4) is 0 Å². The standard InChI is InChI=1S/C66H117NO13/c1-3-5-7-9-11-13-15-17-19-21-23-25-26-27-28-30-31-33-35-37-39-41-43-45-47-49-55(70)54(53-77-65-63(76)61(74)64(57(52-69)79-65)80-66-62(75)60(73)59(72)56(51-68)78-66)67-58(71)50-48-46-44-42-40-38-36-34-32-29-24-22-20-18-16-14-12-10-8-6-4-2/h6,8,12,14,18,20,24,29,34,36,47,49,54-57,59-66,68-70,72-76H,3-5,7,9-11,13,15-17,19,21-23,25-28,30-33,35,37-46,48,50-53H2,1-2H3,(H,67,71)/b8-6-,14-12-,20-18-,29-24-,36-34-,49-47+. The highest BCUT2D eigenvalue weighted by Gasteiger charge is 2.51. The SMILES string of the molecule is CC/C=C\C/C=C\C/C=C\C/C=C\C/C=C\CCCCCCCC(=O)NC(COC1OC(CO)C(OC2OC(CO)C(O)C(O)C2O)C(O)C1O)C(O)/C=C/CCCCCCCCCCCCCCCCCCCCCCCCC. The quantitative estimate of drug-likeness (QED) is 0.0204. The number of aliphatic hydroxyl groups excluding tert-OH is 8. The van der Waals surface area contributed by atoms with Gasteiger partial charge >= 0.3 is 0 Å². The number of rotatable bonds is 51. The topological polar surface area (TPSA) is 228 Å². The van der Waals surface area contributed by atoms with Crippen LogP contribution in [0.4, 0.5) is 0 Å². The molecule has 0 saturated carbocycles. The lowest BCUT2D eigenvalue weighted by Crippen LogP contribution is -2.65. The summed E-state index contributed by atoms with van der Waals surface area (Å²) >= 11 is 0. The summed E-state index contributed by atoms with van der Waals surface area (Å²) in [6.45, 7) is 2.69. The van der Waals surface area contributed by atoms with E-state index in [4.69, 9.17) is 18.9 Å². The van der Waals surface area contributed by atoms with E-state index < -0.39 is 86.8 Å². The van der Waals surface area contributed by atoms with Crippen LogP contribution < -0.4 is 5.32 Å². The van der Waals surface area contributed by atoms with Gasteiger partial charge in [0.2, 0.25) is 5.91 Å². The van der Waals surface area contributed by atoms with Gasteiger partial charge in [-0.05, 0) is 64.2 Å². The zero-order valence-corrected chi connectivity index (χ0v) is 50.1. The summed E-state index contributed by atoms with van der Waals surface area (Å²) in [5.41, 5.74) is 0. The van der Waals surface area contributed by atoms with E-state index in [1.54, 1.807) is 6.08 Å². The lowest BCUT2D eigenvalue weighted by molar-refractivity contribution is -0.359. The lowest BCUT2D eigenvalue weighted by Gasteiger charge is -2.46. The number of hydrogen-bond acceptors (Lipinski definition) is 13. The molecule has 0 aromatic rings. The highest BCUT2D eigenvalue weighted by Crippen LogP contribution is 2.30. The van der Waals surface area contributed by atoms with Crippen LogP contribution in [-0.2, 0) is 23.7 Å². The molecule has 2 aliphatic rings. The smallest absolute Gasteiger partial charge is 0.220 e. The van der Waals surface area contributed by atoms with Gasteiger partial charge in [-0.15, -0.1) is 0 Å². The molecule has 0 bridgehead atoms. The van der Waals surface area contributed by atoms with Crippen molar-refractivity contribution in [1.29, 1.82) is 0 Å². The van der Waals surface area contributed by atoms with E-state index in [-0.39, 0.29) is 18.9 Å². The van der Waals surface area contributed by atoms with Gasteiger partial charge < -0.3 is 65.1 Å². The van der Waals surface area contributed by atoms with Crippen molar-refractivity contribution < 1.29 is 64.6 Å². The summed E-state index contributed by atoms with van der Waals surface area (Å²) in [7, 11) is 0. The van der Waals surface area contributed by atoms with E-state index in [0.717, 1.165) is 83.5 Å². The van der Waals surface area contributed by atoms with E-state index >= 15 is 0 Å². The molecule has 0 radical (unpaired) electrons. The predicted octanol–water partition coefficient (Wildman–Crippen LogP) is 11.9. The van der Waals surface area contributed by atoms with Crippen LogP contribution in [0.5, 0.6) is 0 Å². The minimum Gasteiger partial charge on any atom is -0.394 e. The Kier molecular flexibility index (Phi) is 46.8. The number of unbranched alkanes of at least 4 members (excludes halogenated alkanes) is 28. The average Bonchev–Trinajstić information content (AvgIpc) is 3.46. The van der Waals surface area contributed by atoms with Crippen molar-refractivity contribution in [3.05, 3.63) is 72.9 Å². The normalized spacial score (nSPS) is 24.7. The van der Waals surface area contributed by atoms with Crippen molar-refractivity contribution >= 4 is 5.91 Å². The Morgan fingerprint density at radius 2 is 0.863 bits per heavy atom. The van der Waals surface area contributed by atoms with Crippen molar-refractivity contribution in [1.82, 2.24) is 5.32 Å². The Bertz CT molecular complexity index is 1620. The molecule has 464 valence electrons. The molecule has 12 unspecified atom stereocenters. The van der Waals surface area contributed by atoms with Gasteiger partial charge in [0.05, 0.1) is 32.0 Å². The Morgan fingerprint density at radius 3 is 1.32 bits per heavy atom. The third kappa shape index (κ3) is 35.5. The maximum Gasteiger partial charge on any atom is 0.220 e. The fraction of sp³-hybridized carbons (Fsp3) is 0.803. The van der Waals surface area contributed by atoms with Gasteiger partial charge in [0, 0.05) is 6.42 Å². The average molecular weight is 1130 g/mol. The van der Waals surface area contributed by atoms with Crippen LogP contribution >= 0.6 is 0 Å². The van der Waals surface area contributed by atoms with E-state index in [9.17, 15) is 45.6 Å². The van der Waals surface area contributed by atoms with Gasteiger partial charge in [0.25, 0.3) is 0 Å². The molecule has 2 heterocycles. The number of aliphatic hydroxyl groups is 8. The van der Waals surface area contributed by atoms with Crippen molar-refractivity contribution in [2.45, 2.75) is 319 Å². The molecule has 80 heavy (non-hydrogen) atoms. The molecular weight excluding hydrogens is 1010 g/mol. The van der Waals surface area contributed by atoms with Crippen LogP contribution in [0, 0.1) is 0 Å². The van der Waals surface area contributed by atoms with Crippen molar-refractivity contribution in [3.8, 4) is 0 Å². The summed E-state index contributed by atoms with van der Waals surface area (Å²) in [5, 5.41) is 87.3. The molecule has 0 spiro atoms. The second kappa shape index (κ2) is 50.9. The first-order chi connectivity index (χ1) is 39.1. The van der Waals surface area contributed by atoms with E-state index in [1.165, 1.54) is 135 Å². The fourth-order valence-corrected chi connectivity index (χ4v) is 10.3. The summed E-state index contributed by atoms with van der Waals surface area (Å²) in [6, 6.07) is -0.930. The monoisotopic (exact) mass is 1130 g/mol. The first-order valence-electron chi connectivity index (χ1n) is 32.2. The van der Waals surface area contributed by atoms with Crippen LogP contribution in [0.25, 0.3) is 0 Å². The highest BCUT2D eigenvalue weighted by atomic mass is 16.7. The third-order valence-corrected chi connectivity index (χ3v) is 15.4. The van der Waals surface area contributed by atoms with Gasteiger partial charge in [0.15, 0.2) is 12.6 Å². The summed E-state index contributed by atoms with van der Waals surface area (Å²) in [4.78, 5) is 13.3. The molecule has 0 aromatic carbocycles. The zero-order valence-electron chi connectivity index (χ0n) is 50.1. The molecule has 9 N–H and O–H groups in total. The maximum atomic E-state index is 13.3. The minimum atomic E-state index is -1.79. The molecule has 2 rings (SSSR count). The molecule has 14 nitrogen and oxygen atoms in total. The van der Waals surface area contributed by atoms with Crippen molar-refractivity contribution in [2.75, 3.05) is 19.8 Å². The van der Waals surface area contributed by atoms with E-state index in [0.29, 0.717) is 6.42 Å². The molecule has 1 amide bonds. The molecule has 0 aromatic heterocycles. The number of amides is 1. The number of allylic oxidation sites excluding steroid dienone is 11. The predicted molar refractivity (Wildman–Crippen MR) is 323 cm³/mol. The summed E-state index contributed by atoms with van der Waals surface area (Å²) in [5.74, 6) is -0.258. The van der Waals surface area contributed by atoms with Gasteiger partial charge in [0.1, 0.15) is 48.8 Å². The fourth-order valence-electron chi connectivity index (χ4n) is 10.3. The number of nitrogens with one attached hydrogen (secondary N) is 1. The highest BCUT2D eigenvalue weighted by molar-refractivity contribution is 5.76. The maximum absolute atomic E-state index is 13.3. The molecular formula is C66H117NO13. The Hall–Kier alpha value is -2.57. The first kappa shape index (κ1) is 73.5. The van der Waals surface area contributed by atoms with Gasteiger partial charge in [-0.1, -0.05) is 247 Å². The minimum absolute atomic E-state index is 0.256. The largest absolute Gasteiger partial charge is 0.394 e. The Balaban J connectivity index is 1.75. The second-order valence-electron chi connectivity index (χ2n) is 22.5. The van der Waals surface area contributed by atoms with Crippen LogP contribution in [0.2, 0.25) is 0 Å². The number of carbonyl (C=O) groups is 1. The second-order valence-corrected chi connectivity index (χ2v) is 22.5. The van der Waals surface area contributed by atoms with Crippen LogP contribution in [0.1, 0.15) is 245 Å². The number of carbonyl (C=O) groups excluding carboxylic acids is 1. The lowest BCUT2D eigenvalue weighted by atomic mass is 9.97. The summed E-state index contributed by atoms with van der Waals surface area (Å²) in [6.07, 6.45) is 50.8. The van der Waals surface area contributed by atoms with Gasteiger partial charge in [-0.2, -0.15) is 0 Å². The third-order valence-electron chi connectivity index (χ3n) is 15.4. The van der Waals surface area contributed by atoms with Crippen LogP contribution in [0.15, 0.2) is 72.9 Å². The number of hydrogen-bond donors (Lipinski definition) is 9. The molecule has 2 aliphatic heterocycles. The van der Waals surface area contributed by atoms with Gasteiger partial charge in [-0.25, -0.2) is 0 Å². The zero-order chi connectivity index (χ0) is 58.1. The molecule has 2 fully saturated rings. The van der Waals surface area contributed by atoms with E-state index in [2.05, 4.69) is 79.9 Å². The summed E-state index contributed by atoms with van der Waals surface area (Å²) < 4.78 is 22.8. The van der Waals surface area contributed by atoms with E-state index in [1.807, 2.05) is 6.08 Å². The molecule has 0 aliphatic carbocycles. The Labute approximate surface area is 485 Å². The van der Waals surface area contributed by atoms with Crippen LogP contribution in [-0.4, -0.2) is 140 Å².